The monoisotopic (exact) mass is 278 g/mol. The standard InChI is InChI=1S/C13H12N2O2S.H2O/c1-18-11-6-4-10(5-7-11)9-14-15-13(16)12-3-2-8-17-12;/h2-9H,1H3,(H,15,16);1H2/b14-9+;. The number of carbonyl (C=O) groups is 1. The summed E-state index contributed by atoms with van der Waals surface area (Å²) in [5.41, 5.74) is 3.32. The van der Waals surface area contributed by atoms with Gasteiger partial charge in [-0.15, -0.1) is 11.8 Å². The van der Waals surface area contributed by atoms with E-state index in [1.165, 1.54) is 11.2 Å². The number of rotatable bonds is 4. The van der Waals surface area contributed by atoms with E-state index in [2.05, 4.69) is 10.5 Å². The molecule has 0 aliphatic carbocycles. The molecule has 1 aromatic heterocycles. The quantitative estimate of drug-likeness (QED) is 0.527. The summed E-state index contributed by atoms with van der Waals surface area (Å²) in [6.07, 6.45) is 5.05. The third kappa shape index (κ3) is 4.27. The number of hydrogen-bond donors (Lipinski definition) is 1. The van der Waals surface area contributed by atoms with Crippen LogP contribution in [0.2, 0.25) is 0 Å². The molecule has 2 rings (SSSR count). The summed E-state index contributed by atoms with van der Waals surface area (Å²) in [5, 5.41) is 3.86. The summed E-state index contributed by atoms with van der Waals surface area (Å²) >= 11 is 1.68. The predicted octanol–water partition coefficient (Wildman–Crippen LogP) is 1.94. The normalized spacial score (nSPS) is 10.2. The Kier molecular flexibility index (Phi) is 5.84. The van der Waals surface area contributed by atoms with Crippen LogP contribution >= 0.6 is 11.8 Å². The van der Waals surface area contributed by atoms with Crippen LogP contribution in [0, 0.1) is 0 Å². The highest BCUT2D eigenvalue weighted by molar-refractivity contribution is 7.98. The fourth-order valence-corrected chi connectivity index (χ4v) is 1.73. The number of benzene rings is 1. The van der Waals surface area contributed by atoms with Gasteiger partial charge in [0.05, 0.1) is 12.5 Å². The Labute approximate surface area is 115 Å². The largest absolute Gasteiger partial charge is 0.459 e. The molecule has 1 heterocycles. The van der Waals surface area contributed by atoms with Crippen molar-refractivity contribution in [3.8, 4) is 0 Å². The second-order valence-electron chi connectivity index (χ2n) is 3.45. The molecule has 0 radical (unpaired) electrons. The van der Waals surface area contributed by atoms with Gasteiger partial charge in [-0.1, -0.05) is 12.1 Å². The van der Waals surface area contributed by atoms with Gasteiger partial charge in [0.2, 0.25) is 0 Å². The van der Waals surface area contributed by atoms with Crippen molar-refractivity contribution >= 4 is 23.9 Å². The summed E-state index contributed by atoms with van der Waals surface area (Å²) in [7, 11) is 0. The molecular weight excluding hydrogens is 264 g/mol. The Morgan fingerprint density at radius 1 is 1.32 bits per heavy atom. The van der Waals surface area contributed by atoms with Crippen molar-refractivity contribution in [2.24, 2.45) is 5.10 Å². The molecule has 1 aromatic carbocycles. The zero-order chi connectivity index (χ0) is 12.8. The first-order chi connectivity index (χ1) is 8.79. The van der Waals surface area contributed by atoms with Crippen LogP contribution in [0.4, 0.5) is 0 Å². The molecule has 1 amide bonds. The van der Waals surface area contributed by atoms with Crippen molar-refractivity contribution in [2.75, 3.05) is 6.26 Å². The molecule has 5 nitrogen and oxygen atoms in total. The molecule has 0 atom stereocenters. The number of hydrazone groups is 1. The van der Waals surface area contributed by atoms with Crippen LogP contribution in [0.15, 0.2) is 57.1 Å². The van der Waals surface area contributed by atoms with E-state index in [0.717, 1.165) is 5.56 Å². The fraction of sp³-hybridized carbons (Fsp3) is 0.0769. The first kappa shape index (κ1) is 15.0. The van der Waals surface area contributed by atoms with Gasteiger partial charge in [0.15, 0.2) is 5.76 Å². The second-order valence-corrected chi connectivity index (χ2v) is 4.33. The molecule has 0 aliphatic rings. The molecule has 3 N–H and O–H groups in total. The van der Waals surface area contributed by atoms with Crippen LogP contribution in [-0.4, -0.2) is 23.9 Å². The molecule has 100 valence electrons. The van der Waals surface area contributed by atoms with Gasteiger partial charge in [-0.05, 0) is 36.1 Å². The SMILES string of the molecule is CSc1ccc(/C=N/NC(=O)c2ccco2)cc1.O. The molecule has 0 aliphatic heterocycles. The molecule has 0 spiro atoms. The number of furan rings is 1. The lowest BCUT2D eigenvalue weighted by Gasteiger charge is -1.97. The van der Waals surface area contributed by atoms with Crippen molar-refractivity contribution in [1.29, 1.82) is 0 Å². The van der Waals surface area contributed by atoms with Crippen LogP contribution in [0.5, 0.6) is 0 Å². The van der Waals surface area contributed by atoms with E-state index in [1.54, 1.807) is 30.1 Å². The van der Waals surface area contributed by atoms with Crippen LogP contribution in [0.1, 0.15) is 16.1 Å². The van der Waals surface area contributed by atoms with Gasteiger partial charge < -0.3 is 9.89 Å². The number of amides is 1. The van der Waals surface area contributed by atoms with Gasteiger partial charge in [0.1, 0.15) is 0 Å². The van der Waals surface area contributed by atoms with E-state index in [4.69, 9.17) is 4.42 Å². The number of carbonyl (C=O) groups excluding carboxylic acids is 1. The van der Waals surface area contributed by atoms with Crippen molar-refractivity contribution in [3.63, 3.8) is 0 Å². The molecule has 2 aromatic rings. The van der Waals surface area contributed by atoms with Crippen molar-refractivity contribution in [2.45, 2.75) is 4.90 Å². The smallest absolute Gasteiger partial charge is 0.307 e. The van der Waals surface area contributed by atoms with Crippen LogP contribution in [0.25, 0.3) is 0 Å². The summed E-state index contributed by atoms with van der Waals surface area (Å²) in [5.74, 6) is -0.123. The number of thioether (sulfide) groups is 1. The zero-order valence-electron chi connectivity index (χ0n) is 10.3. The maximum absolute atomic E-state index is 11.5. The second kappa shape index (κ2) is 7.40. The van der Waals surface area contributed by atoms with Crippen LogP contribution < -0.4 is 5.43 Å². The number of nitrogens with zero attached hydrogens (tertiary/aromatic N) is 1. The minimum absolute atomic E-state index is 0. The molecule has 0 bridgehead atoms. The predicted molar refractivity (Wildman–Crippen MR) is 75.6 cm³/mol. The van der Waals surface area contributed by atoms with Crippen molar-refractivity contribution < 1.29 is 14.7 Å². The maximum Gasteiger partial charge on any atom is 0.307 e. The highest BCUT2D eigenvalue weighted by atomic mass is 32.2. The van der Waals surface area contributed by atoms with E-state index < -0.39 is 0 Å². The Balaban J connectivity index is 0.00000180. The third-order valence-corrected chi connectivity index (χ3v) is 2.98. The fourth-order valence-electron chi connectivity index (χ4n) is 1.32. The van der Waals surface area contributed by atoms with Crippen molar-refractivity contribution in [3.05, 3.63) is 54.0 Å². The van der Waals surface area contributed by atoms with Crippen LogP contribution in [-0.2, 0) is 0 Å². The molecule has 0 unspecified atom stereocenters. The van der Waals surface area contributed by atoms with Gasteiger partial charge >= 0.3 is 5.91 Å². The number of nitrogens with one attached hydrogen (secondary N) is 1. The molecule has 0 saturated heterocycles. The molecule has 0 saturated carbocycles. The Morgan fingerprint density at radius 3 is 2.63 bits per heavy atom. The van der Waals surface area contributed by atoms with Gasteiger partial charge in [0.25, 0.3) is 0 Å². The van der Waals surface area contributed by atoms with Gasteiger partial charge in [0, 0.05) is 4.90 Å². The van der Waals surface area contributed by atoms with E-state index in [9.17, 15) is 4.79 Å². The summed E-state index contributed by atoms with van der Waals surface area (Å²) in [4.78, 5) is 12.7. The minimum atomic E-state index is -0.364. The lowest BCUT2D eigenvalue weighted by molar-refractivity contribution is 0.0927. The summed E-state index contributed by atoms with van der Waals surface area (Å²) in [6.45, 7) is 0. The van der Waals surface area contributed by atoms with Gasteiger partial charge in [-0.3, -0.25) is 4.79 Å². The average Bonchev–Trinajstić information content (AvgIpc) is 2.93. The summed E-state index contributed by atoms with van der Waals surface area (Å²) in [6, 6.07) is 11.1. The Bertz CT molecular complexity index is 536. The van der Waals surface area contributed by atoms with Gasteiger partial charge in [-0.2, -0.15) is 5.10 Å². The highest BCUT2D eigenvalue weighted by Crippen LogP contribution is 2.13. The lowest BCUT2D eigenvalue weighted by Crippen LogP contribution is -2.16. The summed E-state index contributed by atoms with van der Waals surface area (Å²) < 4.78 is 4.94. The van der Waals surface area contributed by atoms with Crippen molar-refractivity contribution in [1.82, 2.24) is 5.43 Å². The molecular formula is C13H14N2O3S. The highest BCUT2D eigenvalue weighted by Gasteiger charge is 2.05. The third-order valence-electron chi connectivity index (χ3n) is 2.24. The minimum Gasteiger partial charge on any atom is -0.459 e. The zero-order valence-corrected chi connectivity index (χ0v) is 11.1. The number of hydrogen-bond acceptors (Lipinski definition) is 4. The van der Waals surface area contributed by atoms with E-state index >= 15 is 0 Å². The Hall–Kier alpha value is -2.05. The van der Waals surface area contributed by atoms with Crippen LogP contribution in [0.3, 0.4) is 0 Å². The van der Waals surface area contributed by atoms with E-state index in [1.807, 2.05) is 30.5 Å². The average molecular weight is 278 g/mol. The van der Waals surface area contributed by atoms with E-state index in [-0.39, 0.29) is 17.1 Å². The first-order valence-corrected chi connectivity index (χ1v) is 6.53. The molecule has 0 fully saturated rings. The lowest BCUT2D eigenvalue weighted by atomic mass is 10.2. The Morgan fingerprint density at radius 2 is 2.05 bits per heavy atom. The first-order valence-electron chi connectivity index (χ1n) is 5.30. The molecule has 6 heteroatoms. The van der Waals surface area contributed by atoms with E-state index in [0.29, 0.717) is 0 Å². The molecule has 19 heavy (non-hydrogen) atoms. The topological polar surface area (TPSA) is 86.1 Å². The van der Waals surface area contributed by atoms with Gasteiger partial charge in [-0.25, -0.2) is 5.43 Å². The maximum atomic E-state index is 11.5.